The van der Waals surface area contributed by atoms with Gasteiger partial charge in [0.05, 0.1) is 7.11 Å². The Kier molecular flexibility index (Phi) is 6.83. The van der Waals surface area contributed by atoms with Gasteiger partial charge in [-0.2, -0.15) is 0 Å². The number of ether oxygens (including phenoxy) is 3. The second-order valence-corrected chi connectivity index (χ2v) is 5.22. The van der Waals surface area contributed by atoms with E-state index in [9.17, 15) is 9.59 Å². The monoisotopic (exact) mass is 343 g/mol. The Morgan fingerprint density at radius 2 is 1.76 bits per heavy atom. The average Bonchev–Trinajstić information content (AvgIpc) is 2.65. The molecule has 2 aromatic rings. The van der Waals surface area contributed by atoms with Crippen LogP contribution in [0.25, 0.3) is 0 Å². The third-order valence-electron chi connectivity index (χ3n) is 3.35. The summed E-state index contributed by atoms with van der Waals surface area (Å²) in [6, 6.07) is 15.9. The number of benzene rings is 2. The number of methoxy groups -OCH3 is 1. The van der Waals surface area contributed by atoms with Crippen molar-refractivity contribution < 1.29 is 23.8 Å². The number of hydrogen-bond acceptors (Lipinski definition) is 5. The smallest absolute Gasteiger partial charge is 0.347 e. The molecule has 0 saturated carbocycles. The zero-order valence-electron chi connectivity index (χ0n) is 14.2. The number of hydrogen-bond donors (Lipinski definition) is 1. The maximum absolute atomic E-state index is 12.1. The molecule has 6 heteroatoms. The predicted molar refractivity (Wildman–Crippen MR) is 93.7 cm³/mol. The quantitative estimate of drug-likeness (QED) is 0.746. The molecule has 0 aliphatic heterocycles. The lowest BCUT2D eigenvalue weighted by atomic mass is 10.2. The Balaban J connectivity index is 1.83. The van der Waals surface area contributed by atoms with Crippen molar-refractivity contribution in [2.45, 2.75) is 19.4 Å². The molecule has 0 radical (unpaired) electrons. The summed E-state index contributed by atoms with van der Waals surface area (Å²) >= 11 is 0. The normalized spacial score (nSPS) is 11.3. The number of para-hydroxylation sites is 1. The highest BCUT2D eigenvalue weighted by atomic mass is 16.6. The van der Waals surface area contributed by atoms with E-state index in [0.29, 0.717) is 23.6 Å². The fourth-order valence-corrected chi connectivity index (χ4v) is 2.09. The molecule has 0 spiro atoms. The van der Waals surface area contributed by atoms with Crippen molar-refractivity contribution >= 4 is 17.6 Å². The fraction of sp³-hybridized carbons (Fsp3) is 0.263. The van der Waals surface area contributed by atoms with E-state index in [2.05, 4.69) is 5.32 Å². The second-order valence-electron chi connectivity index (χ2n) is 5.22. The number of amides is 1. The zero-order valence-corrected chi connectivity index (χ0v) is 14.2. The van der Waals surface area contributed by atoms with Crippen molar-refractivity contribution in [3.63, 3.8) is 0 Å². The third kappa shape index (κ3) is 5.84. The molecule has 0 bridgehead atoms. The molecular weight excluding hydrogens is 322 g/mol. The molecule has 6 nitrogen and oxygen atoms in total. The first-order chi connectivity index (χ1) is 12.1. The van der Waals surface area contributed by atoms with Gasteiger partial charge in [0, 0.05) is 11.8 Å². The summed E-state index contributed by atoms with van der Waals surface area (Å²) in [6.07, 6.45) is -0.322. The van der Waals surface area contributed by atoms with Crippen molar-refractivity contribution in [2.24, 2.45) is 0 Å². The van der Waals surface area contributed by atoms with Gasteiger partial charge in [-0.15, -0.1) is 0 Å². The van der Waals surface area contributed by atoms with Crippen LogP contribution in [0.1, 0.15) is 13.3 Å². The fourth-order valence-electron chi connectivity index (χ4n) is 2.09. The van der Waals surface area contributed by atoms with E-state index in [-0.39, 0.29) is 6.61 Å². The van der Waals surface area contributed by atoms with Crippen LogP contribution < -0.4 is 14.8 Å². The van der Waals surface area contributed by atoms with Gasteiger partial charge < -0.3 is 19.5 Å². The summed E-state index contributed by atoms with van der Waals surface area (Å²) in [4.78, 5) is 24.0. The second kappa shape index (κ2) is 9.32. The molecule has 132 valence electrons. The molecule has 2 rings (SSSR count). The number of esters is 1. The van der Waals surface area contributed by atoms with Gasteiger partial charge in [-0.3, -0.25) is 4.79 Å². The van der Waals surface area contributed by atoms with Crippen LogP contribution in [-0.4, -0.2) is 31.7 Å². The summed E-state index contributed by atoms with van der Waals surface area (Å²) in [6.45, 7) is 1.43. The summed E-state index contributed by atoms with van der Waals surface area (Å²) in [7, 11) is 1.54. The van der Waals surface area contributed by atoms with Crippen LogP contribution in [0.5, 0.6) is 11.5 Å². The van der Waals surface area contributed by atoms with Crippen molar-refractivity contribution in [3.8, 4) is 11.5 Å². The predicted octanol–water partition coefficient (Wildman–Crippen LogP) is 3.03. The van der Waals surface area contributed by atoms with Crippen molar-refractivity contribution in [1.29, 1.82) is 0 Å². The van der Waals surface area contributed by atoms with Crippen molar-refractivity contribution in [1.82, 2.24) is 0 Å². The van der Waals surface area contributed by atoms with E-state index in [1.54, 1.807) is 43.5 Å². The van der Waals surface area contributed by atoms with E-state index in [1.165, 1.54) is 0 Å². The van der Waals surface area contributed by atoms with Gasteiger partial charge in [0.2, 0.25) is 0 Å². The topological polar surface area (TPSA) is 73.9 Å². The molecule has 1 N–H and O–H groups in total. The lowest BCUT2D eigenvalue weighted by molar-refractivity contribution is -0.154. The molecule has 0 aliphatic carbocycles. The molecule has 1 amide bonds. The number of anilines is 1. The Bertz CT molecular complexity index is 702. The van der Waals surface area contributed by atoms with Crippen LogP contribution >= 0.6 is 0 Å². The Morgan fingerprint density at radius 1 is 1.04 bits per heavy atom. The summed E-state index contributed by atoms with van der Waals surface area (Å²) in [5, 5.41) is 2.64. The highest BCUT2D eigenvalue weighted by Gasteiger charge is 2.21. The summed E-state index contributed by atoms with van der Waals surface area (Å²) < 4.78 is 15.7. The Morgan fingerprint density at radius 3 is 2.44 bits per heavy atom. The van der Waals surface area contributed by atoms with Crippen LogP contribution in [0.2, 0.25) is 0 Å². The maximum Gasteiger partial charge on any atom is 0.347 e. The zero-order chi connectivity index (χ0) is 18.1. The van der Waals surface area contributed by atoms with Crippen LogP contribution in [-0.2, 0) is 14.3 Å². The third-order valence-corrected chi connectivity index (χ3v) is 3.35. The van der Waals surface area contributed by atoms with Gasteiger partial charge in [0.1, 0.15) is 11.5 Å². The molecule has 1 atom stereocenters. The number of carbonyl (C=O) groups is 2. The molecule has 25 heavy (non-hydrogen) atoms. The first-order valence-corrected chi connectivity index (χ1v) is 7.94. The van der Waals surface area contributed by atoms with Gasteiger partial charge in [0.25, 0.3) is 5.91 Å². The molecule has 0 aliphatic rings. The standard InChI is InChI=1S/C19H21NO5/c1-3-17(25-15-9-5-4-6-10-15)19(22)24-13-18(21)20-14-8-7-11-16(12-14)23-2/h4-12,17H,3,13H2,1-2H3,(H,20,21)/t17-/m0/s1. The lowest BCUT2D eigenvalue weighted by Gasteiger charge is -2.16. The maximum atomic E-state index is 12.1. The van der Waals surface area contributed by atoms with E-state index < -0.39 is 18.0 Å². The van der Waals surface area contributed by atoms with Crippen molar-refractivity contribution in [3.05, 3.63) is 54.6 Å². The van der Waals surface area contributed by atoms with E-state index in [1.807, 2.05) is 25.1 Å². The van der Waals surface area contributed by atoms with Crippen LogP contribution in [0.4, 0.5) is 5.69 Å². The first-order valence-electron chi connectivity index (χ1n) is 7.94. The molecular formula is C19H21NO5. The average molecular weight is 343 g/mol. The number of nitrogens with one attached hydrogen (secondary N) is 1. The van der Waals surface area contributed by atoms with Gasteiger partial charge in [-0.25, -0.2) is 4.79 Å². The van der Waals surface area contributed by atoms with Gasteiger partial charge in [0.15, 0.2) is 12.7 Å². The first kappa shape index (κ1) is 18.3. The van der Waals surface area contributed by atoms with E-state index in [4.69, 9.17) is 14.2 Å². The largest absolute Gasteiger partial charge is 0.497 e. The van der Waals surface area contributed by atoms with Crippen LogP contribution in [0.15, 0.2) is 54.6 Å². The highest BCUT2D eigenvalue weighted by Crippen LogP contribution is 2.17. The van der Waals surface area contributed by atoms with Crippen LogP contribution in [0, 0.1) is 0 Å². The molecule has 0 saturated heterocycles. The summed E-state index contributed by atoms with van der Waals surface area (Å²) in [5.74, 6) is 0.188. The Labute approximate surface area is 146 Å². The highest BCUT2D eigenvalue weighted by molar-refractivity contribution is 5.93. The number of carbonyl (C=O) groups excluding carboxylic acids is 2. The molecule has 0 fully saturated rings. The van der Waals surface area contributed by atoms with Gasteiger partial charge in [-0.1, -0.05) is 31.2 Å². The minimum absolute atomic E-state index is 0.384. The molecule has 2 aromatic carbocycles. The van der Waals surface area contributed by atoms with Gasteiger partial charge >= 0.3 is 5.97 Å². The van der Waals surface area contributed by atoms with Crippen molar-refractivity contribution in [2.75, 3.05) is 19.0 Å². The molecule has 0 heterocycles. The SMILES string of the molecule is CC[C@H](Oc1ccccc1)C(=O)OCC(=O)Nc1cccc(OC)c1. The molecule has 0 aromatic heterocycles. The van der Waals surface area contributed by atoms with E-state index in [0.717, 1.165) is 0 Å². The van der Waals surface area contributed by atoms with Crippen LogP contribution in [0.3, 0.4) is 0 Å². The Hall–Kier alpha value is -3.02. The molecule has 0 unspecified atom stereocenters. The lowest BCUT2D eigenvalue weighted by Crippen LogP contribution is -2.31. The number of rotatable bonds is 8. The minimum atomic E-state index is -0.757. The van der Waals surface area contributed by atoms with E-state index >= 15 is 0 Å². The summed E-state index contributed by atoms with van der Waals surface area (Å²) in [5.41, 5.74) is 0.563. The minimum Gasteiger partial charge on any atom is -0.497 e. The van der Waals surface area contributed by atoms with Gasteiger partial charge in [-0.05, 0) is 30.7 Å².